The Hall–Kier alpha value is -0.800. The van der Waals surface area contributed by atoms with E-state index in [1.807, 2.05) is 0 Å². The molecule has 0 aromatic heterocycles. The highest BCUT2D eigenvalue weighted by molar-refractivity contribution is 7.47. The molecule has 0 spiro atoms. The van der Waals surface area contributed by atoms with E-state index in [-0.39, 0.29) is 26.2 Å². The topological polar surface area (TPSA) is 151 Å². The Labute approximate surface area is 276 Å². The van der Waals surface area contributed by atoms with E-state index in [0.717, 1.165) is 51.4 Å². The molecular formula is C35H71N2O7P. The van der Waals surface area contributed by atoms with Crippen molar-refractivity contribution in [1.82, 2.24) is 5.32 Å². The zero-order valence-electron chi connectivity index (χ0n) is 29.0. The average molecular weight is 663 g/mol. The van der Waals surface area contributed by atoms with E-state index in [1.54, 1.807) is 0 Å². The molecule has 6 N–H and O–H groups in total. The third-order valence-corrected chi connectivity index (χ3v) is 9.16. The van der Waals surface area contributed by atoms with Crippen LogP contribution in [0.4, 0.5) is 0 Å². The second kappa shape index (κ2) is 31.8. The largest absolute Gasteiger partial charge is 0.472 e. The number of aliphatic hydroxyl groups is 2. The molecule has 0 bridgehead atoms. The predicted octanol–water partition coefficient (Wildman–Crippen LogP) is 8.24. The maximum absolute atomic E-state index is 12.7. The van der Waals surface area contributed by atoms with Crippen molar-refractivity contribution in [2.24, 2.45) is 5.73 Å². The van der Waals surface area contributed by atoms with Crippen LogP contribution in [-0.2, 0) is 18.4 Å². The van der Waals surface area contributed by atoms with Crippen LogP contribution in [0.1, 0.15) is 168 Å². The number of unbranched alkanes of at least 4 members (excludes halogenated alkanes) is 18. The van der Waals surface area contributed by atoms with Gasteiger partial charge in [-0.15, -0.1) is 0 Å². The Balaban J connectivity index is 4.40. The fraction of sp³-hybridized carbons (Fsp3) is 0.914. The monoisotopic (exact) mass is 662 g/mol. The number of phosphoric ester groups is 1. The second-order valence-electron chi connectivity index (χ2n) is 12.6. The number of carbonyl (C=O) groups is 1. The first-order valence-corrected chi connectivity index (χ1v) is 19.9. The predicted molar refractivity (Wildman–Crippen MR) is 186 cm³/mol. The summed E-state index contributed by atoms with van der Waals surface area (Å²) in [5, 5.41) is 24.0. The first-order chi connectivity index (χ1) is 21.8. The van der Waals surface area contributed by atoms with Crippen LogP contribution in [0.15, 0.2) is 12.2 Å². The molecule has 0 aliphatic carbocycles. The summed E-state index contributed by atoms with van der Waals surface area (Å²) >= 11 is 0. The summed E-state index contributed by atoms with van der Waals surface area (Å²) in [6.07, 6.45) is 28.3. The van der Waals surface area contributed by atoms with Crippen LogP contribution in [0.2, 0.25) is 0 Å². The number of carbonyl (C=O) groups excluding carboxylic acids is 1. The van der Waals surface area contributed by atoms with E-state index < -0.39 is 32.0 Å². The highest BCUT2D eigenvalue weighted by atomic mass is 31.2. The van der Waals surface area contributed by atoms with Gasteiger partial charge in [0.15, 0.2) is 0 Å². The van der Waals surface area contributed by atoms with Crippen LogP contribution in [0.5, 0.6) is 0 Å². The lowest BCUT2D eigenvalue weighted by atomic mass is 10.0. The van der Waals surface area contributed by atoms with Crippen molar-refractivity contribution in [3.05, 3.63) is 12.2 Å². The van der Waals surface area contributed by atoms with E-state index in [4.69, 9.17) is 14.8 Å². The summed E-state index contributed by atoms with van der Waals surface area (Å²) in [5.74, 6) is -0.425. The van der Waals surface area contributed by atoms with Gasteiger partial charge in [0.05, 0.1) is 37.9 Å². The van der Waals surface area contributed by atoms with Crippen molar-refractivity contribution in [2.45, 2.75) is 186 Å². The number of amides is 1. The summed E-state index contributed by atoms with van der Waals surface area (Å²) < 4.78 is 22.0. The van der Waals surface area contributed by atoms with E-state index in [0.29, 0.717) is 12.8 Å². The Morgan fingerprint density at radius 3 is 1.78 bits per heavy atom. The minimum atomic E-state index is -4.36. The molecule has 45 heavy (non-hydrogen) atoms. The molecule has 0 aromatic carbocycles. The van der Waals surface area contributed by atoms with Crippen LogP contribution < -0.4 is 11.1 Å². The van der Waals surface area contributed by atoms with Crippen LogP contribution >= 0.6 is 7.82 Å². The zero-order chi connectivity index (χ0) is 33.4. The molecule has 10 heteroatoms. The number of rotatable bonds is 34. The number of nitrogens with one attached hydrogen (secondary N) is 1. The van der Waals surface area contributed by atoms with Gasteiger partial charge in [0, 0.05) is 6.54 Å². The molecule has 0 rings (SSSR count). The van der Waals surface area contributed by atoms with Gasteiger partial charge in [-0.25, -0.2) is 4.57 Å². The quantitative estimate of drug-likeness (QED) is 0.0263. The maximum atomic E-state index is 12.7. The molecular weight excluding hydrogens is 591 g/mol. The number of phosphoric acid groups is 1. The standard InChI is InChI=1S/C35H71N2O7P/c1-3-5-7-9-11-13-14-15-16-17-19-21-23-25-27-34(39)33(31-44-45(41,42)43-29-28-36)37-35(40)30-32(38)26-24-22-20-18-12-10-8-6-4-2/h10,12,32-34,38-39H,3-9,11,13-31,36H2,1-2H3,(H,37,40)(H,41,42)/b12-10-. The van der Waals surface area contributed by atoms with Crippen molar-refractivity contribution in [1.29, 1.82) is 0 Å². The second-order valence-corrected chi connectivity index (χ2v) is 14.1. The van der Waals surface area contributed by atoms with Crippen LogP contribution in [0.25, 0.3) is 0 Å². The van der Waals surface area contributed by atoms with Gasteiger partial charge in [-0.2, -0.15) is 0 Å². The minimum absolute atomic E-state index is 0.0589. The van der Waals surface area contributed by atoms with E-state index >= 15 is 0 Å². The lowest BCUT2D eigenvalue weighted by Gasteiger charge is -2.25. The molecule has 0 heterocycles. The molecule has 0 saturated carbocycles. The first kappa shape index (κ1) is 44.2. The third-order valence-electron chi connectivity index (χ3n) is 8.17. The van der Waals surface area contributed by atoms with Crippen LogP contribution in [0, 0.1) is 0 Å². The molecule has 4 unspecified atom stereocenters. The SMILES string of the molecule is CCCC/C=C\CCCCCC(O)CC(=O)NC(COP(=O)(O)OCCN)C(O)CCCCCCCCCCCCCCCC. The van der Waals surface area contributed by atoms with Crippen molar-refractivity contribution in [3.8, 4) is 0 Å². The molecule has 0 radical (unpaired) electrons. The van der Waals surface area contributed by atoms with Gasteiger partial charge in [0.25, 0.3) is 0 Å². The number of nitrogens with two attached hydrogens (primary N) is 1. The molecule has 0 aliphatic rings. The number of hydrogen-bond acceptors (Lipinski definition) is 7. The van der Waals surface area contributed by atoms with Crippen LogP contribution in [-0.4, -0.2) is 59.0 Å². The molecule has 0 aliphatic heterocycles. The first-order valence-electron chi connectivity index (χ1n) is 18.4. The number of allylic oxidation sites excluding steroid dienone is 2. The molecule has 9 nitrogen and oxygen atoms in total. The van der Waals surface area contributed by atoms with Crippen molar-refractivity contribution < 1.29 is 33.5 Å². The smallest absolute Gasteiger partial charge is 0.393 e. The van der Waals surface area contributed by atoms with Gasteiger partial charge in [-0.3, -0.25) is 13.8 Å². The highest BCUT2D eigenvalue weighted by Gasteiger charge is 2.28. The summed E-state index contributed by atoms with van der Waals surface area (Å²) in [7, 11) is -4.36. The van der Waals surface area contributed by atoms with E-state index in [1.165, 1.54) is 83.5 Å². The van der Waals surface area contributed by atoms with Gasteiger partial charge in [0.1, 0.15) is 0 Å². The lowest BCUT2D eigenvalue weighted by Crippen LogP contribution is -2.47. The van der Waals surface area contributed by atoms with Gasteiger partial charge < -0.3 is 26.2 Å². The van der Waals surface area contributed by atoms with Crippen molar-refractivity contribution in [2.75, 3.05) is 19.8 Å². The van der Waals surface area contributed by atoms with Gasteiger partial charge in [-0.1, -0.05) is 142 Å². The Morgan fingerprint density at radius 2 is 1.22 bits per heavy atom. The molecule has 1 amide bonds. The van der Waals surface area contributed by atoms with Gasteiger partial charge in [0.2, 0.25) is 5.91 Å². The normalized spacial score (nSPS) is 15.2. The zero-order valence-corrected chi connectivity index (χ0v) is 29.9. The Morgan fingerprint density at radius 1 is 0.733 bits per heavy atom. The molecule has 268 valence electrons. The Bertz CT molecular complexity index is 741. The van der Waals surface area contributed by atoms with Crippen LogP contribution in [0.3, 0.4) is 0 Å². The lowest BCUT2D eigenvalue weighted by molar-refractivity contribution is -0.125. The van der Waals surface area contributed by atoms with Gasteiger partial charge >= 0.3 is 7.82 Å². The highest BCUT2D eigenvalue weighted by Crippen LogP contribution is 2.43. The van der Waals surface area contributed by atoms with E-state index in [9.17, 15) is 24.5 Å². The summed E-state index contributed by atoms with van der Waals surface area (Å²) in [6, 6.07) is -0.895. The molecule has 0 aromatic rings. The average Bonchev–Trinajstić information content (AvgIpc) is 3.01. The molecule has 0 fully saturated rings. The summed E-state index contributed by atoms with van der Waals surface area (Å²) in [5.41, 5.74) is 5.34. The number of aliphatic hydroxyl groups excluding tert-OH is 2. The fourth-order valence-corrected chi connectivity index (χ4v) is 6.10. The minimum Gasteiger partial charge on any atom is -0.393 e. The summed E-state index contributed by atoms with van der Waals surface area (Å²) in [6.45, 7) is 3.97. The van der Waals surface area contributed by atoms with Crippen molar-refractivity contribution in [3.63, 3.8) is 0 Å². The maximum Gasteiger partial charge on any atom is 0.472 e. The third kappa shape index (κ3) is 30.3. The fourth-order valence-electron chi connectivity index (χ4n) is 5.34. The Kier molecular flexibility index (Phi) is 31.2. The molecule has 4 atom stereocenters. The summed E-state index contributed by atoms with van der Waals surface area (Å²) in [4.78, 5) is 22.6. The molecule has 0 saturated heterocycles. The number of hydrogen-bond donors (Lipinski definition) is 5. The van der Waals surface area contributed by atoms with Gasteiger partial charge in [-0.05, 0) is 32.1 Å². The van der Waals surface area contributed by atoms with E-state index in [2.05, 4.69) is 31.3 Å². The van der Waals surface area contributed by atoms with Crippen molar-refractivity contribution >= 4 is 13.7 Å².